The molecule has 2 heterocycles. The molecule has 0 fully saturated rings. The number of anilines is 1. The van der Waals surface area contributed by atoms with Crippen molar-refractivity contribution >= 4 is 51.5 Å². The highest BCUT2D eigenvalue weighted by Gasteiger charge is 2.18. The number of amides is 1. The number of carbonyl (C=O) groups is 1. The Labute approximate surface area is 205 Å². The Morgan fingerprint density at radius 3 is 2.71 bits per heavy atom. The van der Waals surface area contributed by atoms with E-state index in [1.54, 1.807) is 55.6 Å². The van der Waals surface area contributed by atoms with Crippen molar-refractivity contribution in [3.63, 3.8) is 0 Å². The van der Waals surface area contributed by atoms with Crippen molar-refractivity contribution in [2.45, 2.75) is 20.5 Å². The highest BCUT2D eigenvalue weighted by molar-refractivity contribution is 6.31. The maximum atomic E-state index is 13.5. The minimum absolute atomic E-state index is 0.0666. The van der Waals surface area contributed by atoms with Crippen LogP contribution in [-0.4, -0.2) is 23.1 Å². The molecule has 1 amide bonds. The molecule has 4 aromatic rings. The summed E-state index contributed by atoms with van der Waals surface area (Å²) in [5.41, 5.74) is 3.48. The van der Waals surface area contributed by atoms with Crippen LogP contribution in [0.2, 0.25) is 10.0 Å². The van der Waals surface area contributed by atoms with E-state index in [1.165, 1.54) is 7.11 Å². The molecule has 0 unspecified atom stereocenters. The Morgan fingerprint density at radius 1 is 1.21 bits per heavy atom. The zero-order valence-corrected chi connectivity index (χ0v) is 20.2. The number of halogens is 2. The lowest BCUT2D eigenvalue weighted by atomic mass is 10.1. The van der Waals surface area contributed by atoms with E-state index in [2.05, 4.69) is 15.3 Å². The van der Waals surface area contributed by atoms with Crippen molar-refractivity contribution in [1.82, 2.24) is 4.98 Å². The molecule has 34 heavy (non-hydrogen) atoms. The molecular formula is C25H21Cl2N3O4. The summed E-state index contributed by atoms with van der Waals surface area (Å²) in [7, 11) is 1.49. The third-order valence-corrected chi connectivity index (χ3v) is 5.88. The van der Waals surface area contributed by atoms with Crippen LogP contribution in [0.5, 0.6) is 5.75 Å². The molecule has 2 aromatic carbocycles. The smallest absolute Gasteiger partial charge is 0.261 e. The lowest BCUT2D eigenvalue weighted by Crippen LogP contribution is -2.22. The van der Waals surface area contributed by atoms with Crippen LogP contribution < -0.4 is 15.6 Å². The van der Waals surface area contributed by atoms with Crippen LogP contribution in [0.1, 0.15) is 27.2 Å². The second-order valence-electron chi connectivity index (χ2n) is 7.58. The summed E-state index contributed by atoms with van der Waals surface area (Å²) in [6.07, 6.45) is 1.55. The summed E-state index contributed by atoms with van der Waals surface area (Å²) in [6, 6.07) is 11.9. The van der Waals surface area contributed by atoms with Gasteiger partial charge in [0.2, 0.25) is 5.55 Å². The van der Waals surface area contributed by atoms with Gasteiger partial charge in [0, 0.05) is 33.3 Å². The molecule has 0 atom stereocenters. The van der Waals surface area contributed by atoms with Crippen LogP contribution in [0.3, 0.4) is 0 Å². The average molecular weight is 498 g/mol. The maximum Gasteiger partial charge on any atom is 0.261 e. The molecule has 0 aliphatic carbocycles. The molecule has 0 bridgehead atoms. The highest BCUT2D eigenvalue weighted by Crippen LogP contribution is 2.31. The van der Waals surface area contributed by atoms with E-state index < -0.39 is 5.91 Å². The summed E-state index contributed by atoms with van der Waals surface area (Å²) < 4.78 is 11.4. The number of fused-ring (bicyclic) bond motifs is 1. The minimum atomic E-state index is -0.482. The number of rotatable bonds is 5. The number of methoxy groups -OCH3 is 1. The first-order chi connectivity index (χ1) is 16.3. The van der Waals surface area contributed by atoms with Crippen molar-refractivity contribution in [2.75, 3.05) is 12.4 Å². The van der Waals surface area contributed by atoms with E-state index in [9.17, 15) is 9.90 Å². The largest absolute Gasteiger partial charge is 0.495 e. The van der Waals surface area contributed by atoms with E-state index >= 15 is 0 Å². The fourth-order valence-electron chi connectivity index (χ4n) is 3.44. The number of aliphatic hydroxyl groups excluding tert-OH is 1. The fraction of sp³-hybridized carbons (Fsp3) is 0.160. The zero-order chi connectivity index (χ0) is 24.4. The van der Waals surface area contributed by atoms with Gasteiger partial charge in [-0.3, -0.25) is 9.78 Å². The molecule has 0 radical (unpaired) electrons. The second-order valence-corrected chi connectivity index (χ2v) is 8.43. The summed E-state index contributed by atoms with van der Waals surface area (Å²) in [6.45, 7) is 3.33. The first-order valence-corrected chi connectivity index (χ1v) is 11.0. The Kier molecular flexibility index (Phi) is 6.88. The van der Waals surface area contributed by atoms with Crippen LogP contribution in [0, 0.1) is 13.8 Å². The van der Waals surface area contributed by atoms with Gasteiger partial charge in [-0.1, -0.05) is 29.3 Å². The summed E-state index contributed by atoms with van der Waals surface area (Å²) in [5.74, 6) is -0.0732. The topological polar surface area (TPSA) is 97.0 Å². The van der Waals surface area contributed by atoms with Crippen LogP contribution >= 0.6 is 23.2 Å². The molecule has 0 saturated heterocycles. The first-order valence-electron chi connectivity index (χ1n) is 10.3. The van der Waals surface area contributed by atoms with Crippen molar-refractivity contribution < 1.29 is 19.1 Å². The SMILES string of the molecule is COc1cc(Cl)c(C)cc1NC(=O)c1cc2c(CO)cnc(C)c2oc1=Nc1cccc(Cl)c1. The number of nitrogens with zero attached hydrogens (tertiary/aromatic N) is 2. The van der Waals surface area contributed by atoms with Crippen molar-refractivity contribution in [2.24, 2.45) is 4.99 Å². The van der Waals surface area contributed by atoms with E-state index in [-0.39, 0.29) is 17.7 Å². The Bertz CT molecular complexity index is 1480. The molecule has 0 spiro atoms. The third kappa shape index (κ3) is 4.77. The molecule has 0 aliphatic rings. The van der Waals surface area contributed by atoms with Gasteiger partial charge in [0.1, 0.15) is 11.3 Å². The van der Waals surface area contributed by atoms with E-state index in [1.807, 2.05) is 6.92 Å². The van der Waals surface area contributed by atoms with E-state index in [4.69, 9.17) is 32.4 Å². The average Bonchev–Trinajstić information content (AvgIpc) is 2.81. The highest BCUT2D eigenvalue weighted by atomic mass is 35.5. The first kappa shape index (κ1) is 23.8. The molecule has 4 rings (SSSR count). The van der Waals surface area contributed by atoms with Gasteiger partial charge in [0.25, 0.3) is 5.91 Å². The number of pyridine rings is 1. The molecule has 0 saturated carbocycles. The van der Waals surface area contributed by atoms with Crippen LogP contribution in [-0.2, 0) is 6.61 Å². The predicted octanol–water partition coefficient (Wildman–Crippen LogP) is 5.74. The summed E-state index contributed by atoms with van der Waals surface area (Å²) >= 11 is 12.3. The number of hydrogen-bond donors (Lipinski definition) is 2. The molecule has 0 aliphatic heterocycles. The van der Waals surface area contributed by atoms with Gasteiger partial charge in [0.05, 0.1) is 30.8 Å². The number of aryl methyl sites for hydroxylation is 2. The molecule has 9 heteroatoms. The predicted molar refractivity (Wildman–Crippen MR) is 132 cm³/mol. The van der Waals surface area contributed by atoms with Crippen LogP contribution in [0.25, 0.3) is 11.0 Å². The van der Waals surface area contributed by atoms with Crippen LogP contribution in [0.15, 0.2) is 58.1 Å². The molecule has 2 aromatic heterocycles. The third-order valence-electron chi connectivity index (χ3n) is 5.23. The van der Waals surface area contributed by atoms with Gasteiger partial charge < -0.3 is 19.6 Å². The molecular weight excluding hydrogens is 477 g/mol. The second kappa shape index (κ2) is 9.85. The van der Waals surface area contributed by atoms with Crippen molar-refractivity contribution in [3.8, 4) is 5.75 Å². The zero-order valence-electron chi connectivity index (χ0n) is 18.6. The van der Waals surface area contributed by atoms with Gasteiger partial charge in [-0.25, -0.2) is 4.99 Å². The van der Waals surface area contributed by atoms with Crippen molar-refractivity contribution in [3.05, 3.63) is 86.6 Å². The molecule has 7 nitrogen and oxygen atoms in total. The standard InChI is InChI=1S/C25H21Cl2N3O4/c1-13-7-21(22(33-3)10-20(13)27)30-24(32)19-9-18-15(12-31)11-28-14(2)23(18)34-25(19)29-17-6-4-5-16(26)8-17/h4-11,31H,12H2,1-3H3,(H,30,32). The maximum absolute atomic E-state index is 13.5. The normalized spacial score (nSPS) is 11.6. The van der Waals surface area contributed by atoms with Gasteiger partial charge in [-0.15, -0.1) is 0 Å². The Morgan fingerprint density at radius 2 is 2.00 bits per heavy atom. The fourth-order valence-corrected chi connectivity index (χ4v) is 3.78. The lowest BCUT2D eigenvalue weighted by Gasteiger charge is -2.13. The number of aromatic nitrogens is 1. The molecule has 174 valence electrons. The van der Waals surface area contributed by atoms with Gasteiger partial charge in [-0.05, 0) is 49.7 Å². The number of carbonyl (C=O) groups excluding carboxylic acids is 1. The van der Waals surface area contributed by atoms with Gasteiger partial charge in [0.15, 0.2) is 5.58 Å². The Hall–Kier alpha value is -3.39. The quantitative estimate of drug-likeness (QED) is 0.366. The van der Waals surface area contributed by atoms with Gasteiger partial charge >= 0.3 is 0 Å². The number of aliphatic hydroxyl groups is 1. The van der Waals surface area contributed by atoms with Gasteiger partial charge in [-0.2, -0.15) is 0 Å². The van der Waals surface area contributed by atoms with E-state index in [0.29, 0.717) is 49.4 Å². The van der Waals surface area contributed by atoms with E-state index in [0.717, 1.165) is 5.56 Å². The summed E-state index contributed by atoms with van der Waals surface area (Å²) in [4.78, 5) is 22.3. The summed E-state index contributed by atoms with van der Waals surface area (Å²) in [5, 5.41) is 14.2. The number of ether oxygens (including phenoxy) is 1. The monoisotopic (exact) mass is 497 g/mol. The molecule has 2 N–H and O–H groups in total. The number of benzene rings is 2. The Balaban J connectivity index is 1.93. The minimum Gasteiger partial charge on any atom is -0.495 e. The lowest BCUT2D eigenvalue weighted by molar-refractivity contribution is 0.102. The number of hydrogen-bond acceptors (Lipinski definition) is 6. The van der Waals surface area contributed by atoms with Crippen LogP contribution in [0.4, 0.5) is 11.4 Å². The van der Waals surface area contributed by atoms with Crippen molar-refractivity contribution in [1.29, 1.82) is 0 Å². The number of nitrogens with one attached hydrogen (secondary N) is 1.